The summed E-state index contributed by atoms with van der Waals surface area (Å²) in [5.74, 6) is -1.08. The summed E-state index contributed by atoms with van der Waals surface area (Å²) in [6.45, 7) is 5.16. The number of alkyl carbamates (subject to hydrolysis) is 1. The Morgan fingerprint density at radius 1 is 1.45 bits per heavy atom. The van der Waals surface area contributed by atoms with Crippen LogP contribution < -0.4 is 5.32 Å². The fourth-order valence-corrected chi connectivity index (χ4v) is 1.56. The molecule has 110 valence electrons. The SMILES string of the molecule is CC(C)(C)OC(=O)N[C@@H](CCc1cccnc1)C(=O)O. The van der Waals surface area contributed by atoms with E-state index in [0.29, 0.717) is 6.42 Å². The zero-order valence-electron chi connectivity index (χ0n) is 11.9. The molecule has 0 saturated carbocycles. The van der Waals surface area contributed by atoms with Gasteiger partial charge < -0.3 is 15.2 Å². The van der Waals surface area contributed by atoms with Crippen molar-refractivity contribution >= 4 is 12.1 Å². The zero-order chi connectivity index (χ0) is 15.2. The third kappa shape index (κ3) is 6.17. The number of carboxylic acid groups (broad SMARTS) is 1. The van der Waals surface area contributed by atoms with E-state index < -0.39 is 23.7 Å². The molecule has 0 aliphatic heterocycles. The number of carbonyl (C=O) groups is 2. The first-order chi connectivity index (χ1) is 9.28. The summed E-state index contributed by atoms with van der Waals surface area (Å²) < 4.78 is 5.04. The number of aryl methyl sites for hydroxylation is 1. The fraction of sp³-hybridized carbons (Fsp3) is 0.500. The third-order valence-electron chi connectivity index (χ3n) is 2.43. The molecule has 1 rings (SSSR count). The fourth-order valence-electron chi connectivity index (χ4n) is 1.56. The Balaban J connectivity index is 2.53. The molecule has 0 bridgehead atoms. The van der Waals surface area contributed by atoms with Crippen molar-refractivity contribution in [3.8, 4) is 0 Å². The summed E-state index contributed by atoms with van der Waals surface area (Å²) in [4.78, 5) is 26.7. The summed E-state index contributed by atoms with van der Waals surface area (Å²) in [7, 11) is 0. The number of carboxylic acids is 1. The zero-order valence-corrected chi connectivity index (χ0v) is 11.9. The molecule has 20 heavy (non-hydrogen) atoms. The van der Waals surface area contributed by atoms with Crippen LogP contribution in [0.2, 0.25) is 0 Å². The molecule has 1 aromatic heterocycles. The number of nitrogens with one attached hydrogen (secondary N) is 1. The van der Waals surface area contributed by atoms with Crippen molar-refractivity contribution in [3.63, 3.8) is 0 Å². The topological polar surface area (TPSA) is 88.5 Å². The number of hydrogen-bond acceptors (Lipinski definition) is 4. The molecular formula is C14H20N2O4. The van der Waals surface area contributed by atoms with Gasteiger partial charge in [-0.1, -0.05) is 6.07 Å². The molecule has 0 spiro atoms. The van der Waals surface area contributed by atoms with Crippen LogP contribution in [-0.4, -0.2) is 33.8 Å². The van der Waals surface area contributed by atoms with Crippen molar-refractivity contribution in [2.24, 2.45) is 0 Å². The number of nitrogens with zero attached hydrogens (tertiary/aromatic N) is 1. The van der Waals surface area contributed by atoms with Gasteiger partial charge in [0.05, 0.1) is 0 Å². The van der Waals surface area contributed by atoms with Crippen molar-refractivity contribution < 1.29 is 19.4 Å². The van der Waals surface area contributed by atoms with Gasteiger partial charge in [0.25, 0.3) is 0 Å². The molecule has 0 aliphatic rings. The summed E-state index contributed by atoms with van der Waals surface area (Å²) in [5.41, 5.74) is 0.265. The highest BCUT2D eigenvalue weighted by atomic mass is 16.6. The summed E-state index contributed by atoms with van der Waals surface area (Å²) in [6.07, 6.45) is 3.39. The average molecular weight is 280 g/mol. The molecule has 0 radical (unpaired) electrons. The Labute approximate surface area is 118 Å². The molecule has 1 aromatic rings. The minimum absolute atomic E-state index is 0.278. The Bertz CT molecular complexity index is 454. The molecule has 1 heterocycles. The van der Waals surface area contributed by atoms with E-state index in [1.54, 1.807) is 39.2 Å². The Hall–Kier alpha value is -2.11. The lowest BCUT2D eigenvalue weighted by atomic mass is 10.1. The second kappa shape index (κ2) is 6.88. The minimum atomic E-state index is -1.08. The van der Waals surface area contributed by atoms with Gasteiger partial charge in [-0.25, -0.2) is 9.59 Å². The van der Waals surface area contributed by atoms with E-state index in [1.165, 1.54) is 0 Å². The van der Waals surface area contributed by atoms with Crippen LogP contribution in [0.1, 0.15) is 32.8 Å². The predicted molar refractivity (Wildman–Crippen MR) is 73.4 cm³/mol. The normalized spacial score (nSPS) is 12.6. The smallest absolute Gasteiger partial charge is 0.408 e. The van der Waals surface area contributed by atoms with Crippen molar-refractivity contribution in [3.05, 3.63) is 30.1 Å². The maximum atomic E-state index is 11.6. The summed E-state index contributed by atoms with van der Waals surface area (Å²) >= 11 is 0. The lowest BCUT2D eigenvalue weighted by Crippen LogP contribution is -2.43. The van der Waals surface area contributed by atoms with Crippen LogP contribution in [0.25, 0.3) is 0 Å². The standard InChI is InChI=1S/C14H20N2O4/c1-14(2,3)20-13(19)16-11(12(17)18)7-6-10-5-4-8-15-9-10/h4-5,8-9,11H,6-7H2,1-3H3,(H,16,19)(H,17,18)/t11-/m0/s1. The number of aromatic nitrogens is 1. The molecule has 0 saturated heterocycles. The number of rotatable bonds is 5. The number of hydrogen-bond donors (Lipinski definition) is 2. The van der Waals surface area contributed by atoms with Gasteiger partial charge in [-0.15, -0.1) is 0 Å². The van der Waals surface area contributed by atoms with Gasteiger partial charge in [0, 0.05) is 12.4 Å². The number of ether oxygens (including phenoxy) is 1. The van der Waals surface area contributed by atoms with Crippen LogP contribution in [0.3, 0.4) is 0 Å². The first-order valence-corrected chi connectivity index (χ1v) is 6.39. The largest absolute Gasteiger partial charge is 0.480 e. The first-order valence-electron chi connectivity index (χ1n) is 6.39. The predicted octanol–water partition coefficient (Wildman–Crippen LogP) is 1.99. The summed E-state index contributed by atoms with van der Waals surface area (Å²) in [5, 5.41) is 11.5. The molecular weight excluding hydrogens is 260 g/mol. The van der Waals surface area contributed by atoms with Gasteiger partial charge in [0.2, 0.25) is 0 Å². The number of aliphatic carboxylic acids is 1. The van der Waals surface area contributed by atoms with E-state index >= 15 is 0 Å². The van der Waals surface area contributed by atoms with Gasteiger partial charge in [-0.05, 0) is 45.2 Å². The van der Waals surface area contributed by atoms with E-state index in [1.807, 2.05) is 6.07 Å². The average Bonchev–Trinajstić information content (AvgIpc) is 2.33. The molecule has 6 heteroatoms. The van der Waals surface area contributed by atoms with E-state index in [0.717, 1.165) is 5.56 Å². The van der Waals surface area contributed by atoms with Crippen LogP contribution in [-0.2, 0) is 16.0 Å². The van der Waals surface area contributed by atoms with Crippen molar-refractivity contribution in [1.82, 2.24) is 10.3 Å². The maximum absolute atomic E-state index is 11.6. The second-order valence-corrected chi connectivity index (χ2v) is 5.44. The Kier molecular flexibility index (Phi) is 5.49. The lowest BCUT2D eigenvalue weighted by molar-refractivity contribution is -0.139. The van der Waals surface area contributed by atoms with E-state index in [2.05, 4.69) is 10.3 Å². The first kappa shape index (κ1) is 15.9. The van der Waals surface area contributed by atoms with Gasteiger partial charge in [-0.3, -0.25) is 4.98 Å². The maximum Gasteiger partial charge on any atom is 0.408 e. The Morgan fingerprint density at radius 2 is 2.15 bits per heavy atom. The van der Waals surface area contributed by atoms with Gasteiger partial charge in [0.15, 0.2) is 0 Å². The molecule has 0 aromatic carbocycles. The second-order valence-electron chi connectivity index (χ2n) is 5.44. The molecule has 2 N–H and O–H groups in total. The van der Waals surface area contributed by atoms with Crippen molar-refractivity contribution in [2.45, 2.75) is 45.3 Å². The van der Waals surface area contributed by atoms with Crippen molar-refractivity contribution in [2.75, 3.05) is 0 Å². The number of carbonyl (C=O) groups excluding carboxylic acids is 1. The summed E-state index contributed by atoms with van der Waals surface area (Å²) in [6, 6.07) is 2.66. The van der Waals surface area contributed by atoms with E-state index in [9.17, 15) is 9.59 Å². The molecule has 1 atom stereocenters. The van der Waals surface area contributed by atoms with Crippen LogP contribution in [0.15, 0.2) is 24.5 Å². The lowest BCUT2D eigenvalue weighted by Gasteiger charge is -2.22. The van der Waals surface area contributed by atoms with Crippen LogP contribution in [0.5, 0.6) is 0 Å². The third-order valence-corrected chi connectivity index (χ3v) is 2.43. The van der Waals surface area contributed by atoms with Gasteiger partial charge in [-0.2, -0.15) is 0 Å². The van der Waals surface area contributed by atoms with E-state index in [4.69, 9.17) is 9.84 Å². The molecule has 0 unspecified atom stereocenters. The van der Waals surface area contributed by atoms with Gasteiger partial charge >= 0.3 is 12.1 Å². The van der Waals surface area contributed by atoms with E-state index in [-0.39, 0.29) is 6.42 Å². The minimum Gasteiger partial charge on any atom is -0.480 e. The Morgan fingerprint density at radius 3 is 2.65 bits per heavy atom. The number of amides is 1. The highest BCUT2D eigenvalue weighted by molar-refractivity contribution is 5.80. The molecule has 0 aliphatic carbocycles. The van der Waals surface area contributed by atoms with Crippen LogP contribution >= 0.6 is 0 Å². The van der Waals surface area contributed by atoms with Crippen LogP contribution in [0, 0.1) is 0 Å². The quantitative estimate of drug-likeness (QED) is 0.861. The van der Waals surface area contributed by atoms with Gasteiger partial charge in [0.1, 0.15) is 11.6 Å². The monoisotopic (exact) mass is 280 g/mol. The molecule has 6 nitrogen and oxygen atoms in total. The molecule has 1 amide bonds. The highest BCUT2D eigenvalue weighted by Gasteiger charge is 2.23. The number of pyridine rings is 1. The highest BCUT2D eigenvalue weighted by Crippen LogP contribution is 2.08. The van der Waals surface area contributed by atoms with Crippen molar-refractivity contribution in [1.29, 1.82) is 0 Å². The molecule has 0 fully saturated rings. The van der Waals surface area contributed by atoms with Crippen LogP contribution in [0.4, 0.5) is 4.79 Å².